The van der Waals surface area contributed by atoms with Gasteiger partial charge in [-0.05, 0) is 80.6 Å². The zero-order valence-corrected chi connectivity index (χ0v) is 14.8. The number of nitrogens with one attached hydrogen (secondary N) is 1. The predicted octanol–water partition coefficient (Wildman–Crippen LogP) is 3.85. The molecule has 3 heteroatoms. The normalized spacial score (nSPS) is 55.6. The zero-order valence-electron chi connectivity index (χ0n) is 14.8. The molecule has 4 rings (SSSR count). The summed E-state index contributed by atoms with van der Waals surface area (Å²) in [5.74, 6) is 1.83. The van der Waals surface area contributed by atoms with Crippen molar-refractivity contribution in [2.24, 2.45) is 28.6 Å². The fraction of sp³-hybridized carbons (Fsp3) is 0.900. The predicted molar refractivity (Wildman–Crippen MR) is 90.8 cm³/mol. The Bertz CT molecular complexity index is 520. The molecule has 0 spiro atoms. The number of aliphatic hydroxyl groups is 1. The maximum absolute atomic E-state index is 14.7. The van der Waals surface area contributed by atoms with Gasteiger partial charge in [0.1, 0.15) is 6.17 Å². The fourth-order valence-electron chi connectivity index (χ4n) is 7.12. The second-order valence-corrected chi connectivity index (χ2v) is 9.22. The molecule has 3 saturated carbocycles. The van der Waals surface area contributed by atoms with Crippen molar-refractivity contribution in [1.82, 2.24) is 5.32 Å². The Balaban J connectivity index is 1.67. The summed E-state index contributed by atoms with van der Waals surface area (Å²) in [6, 6.07) is 0.0276. The van der Waals surface area contributed by atoms with Gasteiger partial charge in [0.2, 0.25) is 0 Å². The van der Waals surface area contributed by atoms with Crippen LogP contribution in [0.15, 0.2) is 11.6 Å². The second kappa shape index (κ2) is 5.29. The second-order valence-electron chi connectivity index (χ2n) is 9.22. The summed E-state index contributed by atoms with van der Waals surface area (Å²) >= 11 is 0. The highest BCUT2D eigenvalue weighted by Crippen LogP contribution is 2.65. The molecule has 0 heterocycles. The Hall–Kier alpha value is -0.410. The number of fused-ring (bicyclic) bond motifs is 5. The van der Waals surface area contributed by atoms with Gasteiger partial charge in [-0.25, -0.2) is 4.39 Å². The molecule has 0 aromatic heterocycles. The molecule has 0 aliphatic heterocycles. The summed E-state index contributed by atoms with van der Waals surface area (Å²) in [5, 5.41) is 13.3. The molecule has 0 saturated heterocycles. The van der Waals surface area contributed by atoms with Crippen LogP contribution in [0.4, 0.5) is 4.39 Å². The maximum Gasteiger partial charge on any atom is 0.116 e. The smallest absolute Gasteiger partial charge is 0.116 e. The van der Waals surface area contributed by atoms with Crippen molar-refractivity contribution in [3.8, 4) is 0 Å². The molecule has 0 aromatic carbocycles. The summed E-state index contributed by atoms with van der Waals surface area (Å²) in [6.07, 6.45) is 8.72. The van der Waals surface area contributed by atoms with Gasteiger partial charge in [-0.3, -0.25) is 0 Å². The molecule has 0 unspecified atom stereocenters. The van der Waals surface area contributed by atoms with Crippen molar-refractivity contribution in [2.75, 3.05) is 7.05 Å². The average Bonchev–Trinajstić information content (AvgIpc) is 2.77. The van der Waals surface area contributed by atoms with Crippen LogP contribution in [0.5, 0.6) is 0 Å². The largest absolute Gasteiger partial charge is 0.393 e. The molecule has 4 aliphatic rings. The molecular weight excluding hydrogens is 289 g/mol. The summed E-state index contributed by atoms with van der Waals surface area (Å²) in [7, 11) is 1.93. The molecule has 0 aromatic rings. The van der Waals surface area contributed by atoms with E-state index in [0.29, 0.717) is 17.8 Å². The molecule has 0 amide bonds. The highest BCUT2D eigenvalue weighted by Gasteiger charge is 2.61. The molecule has 4 aliphatic carbocycles. The van der Waals surface area contributed by atoms with Crippen molar-refractivity contribution in [3.05, 3.63) is 11.6 Å². The lowest BCUT2D eigenvalue weighted by Crippen LogP contribution is -2.53. The fourth-order valence-corrected chi connectivity index (χ4v) is 7.12. The Morgan fingerprint density at radius 3 is 2.74 bits per heavy atom. The van der Waals surface area contributed by atoms with Crippen molar-refractivity contribution in [2.45, 2.75) is 77.1 Å². The van der Waals surface area contributed by atoms with Crippen LogP contribution in [0.2, 0.25) is 0 Å². The lowest BCUT2D eigenvalue weighted by molar-refractivity contribution is -0.0429. The third-order valence-corrected chi connectivity index (χ3v) is 8.38. The number of hydrogen-bond donors (Lipinski definition) is 2. The minimum absolute atomic E-state index is 0.0276. The third kappa shape index (κ3) is 2.12. The first-order chi connectivity index (χ1) is 10.9. The van der Waals surface area contributed by atoms with Gasteiger partial charge in [0.25, 0.3) is 0 Å². The van der Waals surface area contributed by atoms with Crippen molar-refractivity contribution in [3.63, 3.8) is 0 Å². The lowest BCUT2D eigenvalue weighted by atomic mass is 9.48. The van der Waals surface area contributed by atoms with E-state index < -0.39 is 6.17 Å². The minimum Gasteiger partial charge on any atom is -0.393 e. The first-order valence-corrected chi connectivity index (χ1v) is 9.59. The number of halogens is 1. The van der Waals surface area contributed by atoms with E-state index in [9.17, 15) is 9.50 Å². The van der Waals surface area contributed by atoms with Gasteiger partial charge >= 0.3 is 0 Å². The van der Waals surface area contributed by atoms with Gasteiger partial charge in [0.05, 0.1) is 6.10 Å². The minimum atomic E-state index is -0.694. The Morgan fingerprint density at radius 2 is 2.00 bits per heavy atom. The number of aliphatic hydroxyl groups excluding tert-OH is 1. The van der Waals surface area contributed by atoms with Gasteiger partial charge in [-0.1, -0.05) is 25.5 Å². The van der Waals surface area contributed by atoms with Crippen LogP contribution in [0.1, 0.15) is 58.8 Å². The SMILES string of the molecule is CN[C@H]1[C@H](F)C[C@H]2[C@@H]3CC=C4C[C@@H](O)CC[C@]4(C)[C@H]3CC[C@@]21C. The van der Waals surface area contributed by atoms with Crippen molar-refractivity contribution < 1.29 is 9.50 Å². The Morgan fingerprint density at radius 1 is 1.22 bits per heavy atom. The van der Waals surface area contributed by atoms with E-state index in [-0.39, 0.29) is 23.0 Å². The average molecular weight is 321 g/mol. The summed E-state index contributed by atoms with van der Waals surface area (Å²) in [5.41, 5.74) is 1.87. The molecule has 23 heavy (non-hydrogen) atoms. The summed E-state index contributed by atoms with van der Waals surface area (Å²) in [6.45, 7) is 4.77. The highest BCUT2D eigenvalue weighted by molar-refractivity contribution is 5.26. The Labute approximate surface area is 139 Å². The molecule has 8 atom stereocenters. The van der Waals surface area contributed by atoms with Crippen LogP contribution in [0.25, 0.3) is 0 Å². The Kier molecular flexibility index (Phi) is 3.70. The van der Waals surface area contributed by atoms with Crippen LogP contribution >= 0.6 is 0 Å². The van der Waals surface area contributed by atoms with E-state index in [2.05, 4.69) is 25.2 Å². The van der Waals surface area contributed by atoms with Gasteiger partial charge < -0.3 is 10.4 Å². The number of alkyl halides is 1. The highest BCUT2D eigenvalue weighted by atomic mass is 19.1. The van der Waals surface area contributed by atoms with Crippen molar-refractivity contribution >= 4 is 0 Å². The molecule has 2 N–H and O–H groups in total. The van der Waals surface area contributed by atoms with Gasteiger partial charge in [0, 0.05) is 6.04 Å². The zero-order chi connectivity index (χ0) is 16.4. The number of hydrogen-bond acceptors (Lipinski definition) is 2. The van der Waals surface area contributed by atoms with E-state index >= 15 is 0 Å². The van der Waals surface area contributed by atoms with E-state index in [1.54, 1.807) is 0 Å². The van der Waals surface area contributed by atoms with Crippen LogP contribution in [0, 0.1) is 28.6 Å². The number of rotatable bonds is 1. The van der Waals surface area contributed by atoms with Crippen LogP contribution in [-0.2, 0) is 0 Å². The molecular formula is C20H32FNO. The van der Waals surface area contributed by atoms with Gasteiger partial charge in [-0.15, -0.1) is 0 Å². The van der Waals surface area contributed by atoms with Crippen LogP contribution in [0.3, 0.4) is 0 Å². The van der Waals surface area contributed by atoms with Gasteiger partial charge in [0.15, 0.2) is 0 Å². The molecule has 130 valence electrons. The maximum atomic E-state index is 14.7. The van der Waals surface area contributed by atoms with E-state index in [0.717, 1.165) is 38.5 Å². The quantitative estimate of drug-likeness (QED) is 0.719. The first-order valence-electron chi connectivity index (χ1n) is 9.59. The molecule has 3 fully saturated rings. The third-order valence-electron chi connectivity index (χ3n) is 8.38. The van der Waals surface area contributed by atoms with Crippen LogP contribution in [-0.4, -0.2) is 30.5 Å². The van der Waals surface area contributed by atoms with E-state index in [4.69, 9.17) is 0 Å². The summed E-state index contributed by atoms with van der Waals surface area (Å²) < 4.78 is 14.7. The summed E-state index contributed by atoms with van der Waals surface area (Å²) in [4.78, 5) is 0. The van der Waals surface area contributed by atoms with Crippen LogP contribution < -0.4 is 5.32 Å². The van der Waals surface area contributed by atoms with E-state index in [1.807, 2.05) is 7.05 Å². The topological polar surface area (TPSA) is 32.3 Å². The van der Waals surface area contributed by atoms with Gasteiger partial charge in [-0.2, -0.15) is 0 Å². The van der Waals surface area contributed by atoms with E-state index in [1.165, 1.54) is 12.0 Å². The van der Waals surface area contributed by atoms with Crippen molar-refractivity contribution in [1.29, 1.82) is 0 Å². The standard InChI is InChI=1S/C20H32FNO/c1-19-8-6-13(23)10-12(19)4-5-14-15(19)7-9-20(2)16(14)11-17(21)18(20)22-3/h4,13-18,22-23H,5-11H2,1-3H3/t13-,14+,15-,16-,17+,18-,19-,20-/m0/s1. The monoisotopic (exact) mass is 321 g/mol. The molecule has 0 radical (unpaired) electrons. The first kappa shape index (κ1) is 16.1. The number of allylic oxidation sites excluding steroid dienone is 1. The lowest BCUT2D eigenvalue weighted by Gasteiger charge is -2.57. The molecule has 0 bridgehead atoms. The molecule has 2 nitrogen and oxygen atoms in total.